The molecule has 0 unspecified atom stereocenters. The zero-order valence-corrected chi connectivity index (χ0v) is 15.5. The standard InChI is InChI=1S/C18H27FN2O3S/c1-2-3-4-5-12-20-18(22)15-10-13-21(14-11-15)25(23,24)17-8-6-16(19)7-9-17/h6-9,15H,2-5,10-14H2,1H3,(H,20,22). The molecule has 1 amide bonds. The minimum Gasteiger partial charge on any atom is -0.356 e. The molecule has 0 aliphatic carbocycles. The summed E-state index contributed by atoms with van der Waals surface area (Å²) in [6, 6.07) is 4.84. The molecule has 0 saturated carbocycles. The lowest BCUT2D eigenvalue weighted by Gasteiger charge is -2.30. The first kappa shape index (κ1) is 19.8. The summed E-state index contributed by atoms with van der Waals surface area (Å²) in [5.74, 6) is -0.575. The third-order valence-electron chi connectivity index (χ3n) is 4.61. The van der Waals surface area contributed by atoms with E-state index in [4.69, 9.17) is 0 Å². The van der Waals surface area contributed by atoms with Crippen LogP contribution in [0.5, 0.6) is 0 Å². The molecule has 1 aliphatic rings. The van der Waals surface area contributed by atoms with Crippen LogP contribution in [-0.2, 0) is 14.8 Å². The van der Waals surface area contributed by atoms with E-state index in [1.54, 1.807) is 0 Å². The number of hydrogen-bond donors (Lipinski definition) is 1. The summed E-state index contributed by atoms with van der Waals surface area (Å²) < 4.78 is 39.5. The molecular weight excluding hydrogens is 343 g/mol. The zero-order chi connectivity index (χ0) is 18.3. The molecule has 140 valence electrons. The number of rotatable bonds is 8. The van der Waals surface area contributed by atoms with Crippen molar-refractivity contribution in [1.82, 2.24) is 9.62 Å². The van der Waals surface area contributed by atoms with E-state index >= 15 is 0 Å². The molecule has 2 rings (SSSR count). The number of hydrogen-bond acceptors (Lipinski definition) is 3. The number of carbonyl (C=O) groups is 1. The molecule has 25 heavy (non-hydrogen) atoms. The Kier molecular flexibility index (Phi) is 7.38. The van der Waals surface area contributed by atoms with Crippen molar-refractivity contribution in [1.29, 1.82) is 0 Å². The van der Waals surface area contributed by atoms with E-state index in [1.165, 1.54) is 22.9 Å². The Morgan fingerprint density at radius 2 is 1.80 bits per heavy atom. The molecule has 0 aromatic heterocycles. The van der Waals surface area contributed by atoms with Crippen LogP contribution >= 0.6 is 0 Å². The van der Waals surface area contributed by atoms with Crippen molar-refractivity contribution in [2.45, 2.75) is 50.3 Å². The molecule has 0 spiro atoms. The summed E-state index contributed by atoms with van der Waals surface area (Å²) in [6.07, 6.45) is 5.47. The van der Waals surface area contributed by atoms with Gasteiger partial charge in [-0.05, 0) is 43.5 Å². The third-order valence-corrected chi connectivity index (χ3v) is 6.52. The monoisotopic (exact) mass is 370 g/mol. The summed E-state index contributed by atoms with van der Waals surface area (Å²) in [4.78, 5) is 12.3. The van der Waals surface area contributed by atoms with Crippen LogP contribution in [0.15, 0.2) is 29.2 Å². The van der Waals surface area contributed by atoms with E-state index in [1.807, 2.05) is 0 Å². The van der Waals surface area contributed by atoms with Crippen molar-refractivity contribution < 1.29 is 17.6 Å². The van der Waals surface area contributed by atoms with Gasteiger partial charge in [-0.25, -0.2) is 12.8 Å². The number of halogens is 1. The number of unbranched alkanes of at least 4 members (excludes halogenated alkanes) is 3. The predicted octanol–water partition coefficient (Wildman–Crippen LogP) is 2.92. The van der Waals surface area contributed by atoms with Gasteiger partial charge in [-0.2, -0.15) is 4.31 Å². The molecule has 1 saturated heterocycles. The molecule has 1 aromatic carbocycles. The fourth-order valence-electron chi connectivity index (χ4n) is 3.02. The number of nitrogens with zero attached hydrogens (tertiary/aromatic N) is 1. The maximum atomic E-state index is 13.0. The van der Waals surface area contributed by atoms with Crippen LogP contribution in [0.25, 0.3) is 0 Å². The highest BCUT2D eigenvalue weighted by Gasteiger charge is 2.31. The molecule has 1 heterocycles. The third kappa shape index (κ3) is 5.51. The van der Waals surface area contributed by atoms with E-state index in [0.29, 0.717) is 32.5 Å². The van der Waals surface area contributed by atoms with Crippen LogP contribution < -0.4 is 5.32 Å². The summed E-state index contributed by atoms with van der Waals surface area (Å²) in [5.41, 5.74) is 0. The molecule has 1 fully saturated rings. The highest BCUT2D eigenvalue weighted by molar-refractivity contribution is 7.89. The lowest BCUT2D eigenvalue weighted by atomic mass is 9.97. The topological polar surface area (TPSA) is 66.5 Å². The minimum atomic E-state index is -3.62. The van der Waals surface area contributed by atoms with Gasteiger partial charge in [0.2, 0.25) is 15.9 Å². The van der Waals surface area contributed by atoms with E-state index < -0.39 is 15.8 Å². The van der Waals surface area contributed by atoms with Crippen LogP contribution in [0.4, 0.5) is 4.39 Å². The maximum absolute atomic E-state index is 13.0. The van der Waals surface area contributed by atoms with Crippen LogP contribution in [0.1, 0.15) is 45.4 Å². The Hall–Kier alpha value is -1.47. The Labute approximate surface area is 149 Å². The summed E-state index contributed by atoms with van der Waals surface area (Å²) in [6.45, 7) is 3.46. The number of piperidine rings is 1. The number of nitrogens with one attached hydrogen (secondary N) is 1. The van der Waals surface area contributed by atoms with Crippen LogP contribution in [0, 0.1) is 11.7 Å². The second-order valence-electron chi connectivity index (χ2n) is 6.48. The van der Waals surface area contributed by atoms with Crippen molar-refractivity contribution >= 4 is 15.9 Å². The van der Waals surface area contributed by atoms with E-state index in [0.717, 1.165) is 31.4 Å². The van der Waals surface area contributed by atoms with E-state index in [2.05, 4.69) is 12.2 Å². The second kappa shape index (κ2) is 9.29. The van der Waals surface area contributed by atoms with Gasteiger partial charge in [0.05, 0.1) is 4.90 Å². The minimum absolute atomic E-state index is 0.0235. The highest BCUT2D eigenvalue weighted by Crippen LogP contribution is 2.24. The number of amides is 1. The second-order valence-corrected chi connectivity index (χ2v) is 8.42. The van der Waals surface area contributed by atoms with Crippen molar-refractivity contribution in [2.24, 2.45) is 5.92 Å². The number of sulfonamides is 1. The van der Waals surface area contributed by atoms with Gasteiger partial charge in [-0.15, -0.1) is 0 Å². The van der Waals surface area contributed by atoms with Gasteiger partial charge in [0.25, 0.3) is 0 Å². The lowest BCUT2D eigenvalue weighted by Crippen LogP contribution is -2.43. The number of carbonyl (C=O) groups excluding carboxylic acids is 1. The fraction of sp³-hybridized carbons (Fsp3) is 0.611. The van der Waals surface area contributed by atoms with Gasteiger partial charge in [-0.1, -0.05) is 26.2 Å². The quantitative estimate of drug-likeness (QED) is 0.716. The summed E-state index contributed by atoms with van der Waals surface area (Å²) in [5, 5.41) is 2.95. The lowest BCUT2D eigenvalue weighted by molar-refractivity contribution is -0.126. The maximum Gasteiger partial charge on any atom is 0.243 e. The first-order chi connectivity index (χ1) is 11.9. The average Bonchev–Trinajstić information content (AvgIpc) is 2.62. The smallest absolute Gasteiger partial charge is 0.243 e. The first-order valence-corrected chi connectivity index (χ1v) is 10.4. The van der Waals surface area contributed by atoms with Crippen molar-refractivity contribution in [3.05, 3.63) is 30.1 Å². The Bertz CT molecular complexity index is 653. The van der Waals surface area contributed by atoms with Crippen LogP contribution in [-0.4, -0.2) is 38.3 Å². The van der Waals surface area contributed by atoms with Gasteiger partial charge in [0, 0.05) is 25.6 Å². The average molecular weight is 370 g/mol. The first-order valence-electron chi connectivity index (χ1n) is 8.98. The molecule has 0 bridgehead atoms. The SMILES string of the molecule is CCCCCCNC(=O)C1CCN(S(=O)(=O)c2ccc(F)cc2)CC1. The normalized spacial score (nSPS) is 16.7. The van der Waals surface area contributed by atoms with Gasteiger partial charge in [0.1, 0.15) is 5.82 Å². The zero-order valence-electron chi connectivity index (χ0n) is 14.7. The van der Waals surface area contributed by atoms with Crippen molar-refractivity contribution in [3.8, 4) is 0 Å². The molecular formula is C18H27FN2O3S. The highest BCUT2D eigenvalue weighted by atomic mass is 32.2. The molecule has 5 nitrogen and oxygen atoms in total. The molecule has 1 aromatic rings. The van der Waals surface area contributed by atoms with Gasteiger partial charge in [-0.3, -0.25) is 4.79 Å². The van der Waals surface area contributed by atoms with Crippen molar-refractivity contribution in [2.75, 3.05) is 19.6 Å². The summed E-state index contributed by atoms with van der Waals surface area (Å²) in [7, 11) is -3.62. The van der Waals surface area contributed by atoms with Crippen molar-refractivity contribution in [3.63, 3.8) is 0 Å². The molecule has 0 radical (unpaired) electrons. The molecule has 1 N–H and O–H groups in total. The van der Waals surface area contributed by atoms with Gasteiger partial charge >= 0.3 is 0 Å². The fourth-order valence-corrected chi connectivity index (χ4v) is 4.49. The van der Waals surface area contributed by atoms with E-state index in [-0.39, 0.29) is 16.7 Å². The Morgan fingerprint density at radius 1 is 1.16 bits per heavy atom. The van der Waals surface area contributed by atoms with Gasteiger partial charge in [0.15, 0.2) is 0 Å². The largest absolute Gasteiger partial charge is 0.356 e. The van der Waals surface area contributed by atoms with Crippen LogP contribution in [0.2, 0.25) is 0 Å². The Balaban J connectivity index is 1.82. The molecule has 1 aliphatic heterocycles. The summed E-state index contributed by atoms with van der Waals surface area (Å²) >= 11 is 0. The van der Waals surface area contributed by atoms with E-state index in [9.17, 15) is 17.6 Å². The van der Waals surface area contributed by atoms with Gasteiger partial charge < -0.3 is 5.32 Å². The molecule has 7 heteroatoms. The number of benzene rings is 1. The Morgan fingerprint density at radius 3 is 2.40 bits per heavy atom. The van der Waals surface area contributed by atoms with Crippen LogP contribution in [0.3, 0.4) is 0 Å². The predicted molar refractivity (Wildman–Crippen MR) is 95.0 cm³/mol. The molecule has 0 atom stereocenters.